The molecule has 7 nitrogen and oxygen atoms in total. The number of nitrogens with one attached hydrogen (secondary N) is 2. The number of amidine groups is 1. The van der Waals surface area contributed by atoms with Crippen molar-refractivity contribution in [3.63, 3.8) is 0 Å². The number of methoxy groups -OCH3 is 2. The molecular formula is C15H18N4O3. The number of aromatic nitrogens is 2. The Morgan fingerprint density at radius 1 is 1.41 bits per heavy atom. The molecule has 1 aliphatic rings. The number of rotatable bonds is 5. The number of nitrogens with zero attached hydrogens (tertiary/aromatic N) is 2. The van der Waals surface area contributed by atoms with Crippen LogP contribution in [0, 0.1) is 5.41 Å². The van der Waals surface area contributed by atoms with E-state index in [0.717, 1.165) is 16.8 Å². The first-order valence-corrected chi connectivity index (χ1v) is 6.93. The van der Waals surface area contributed by atoms with Crippen LogP contribution in [0.2, 0.25) is 0 Å². The average molecular weight is 302 g/mol. The van der Waals surface area contributed by atoms with Gasteiger partial charge in [0.2, 0.25) is 0 Å². The van der Waals surface area contributed by atoms with Gasteiger partial charge in [-0.25, -0.2) is 4.98 Å². The molecule has 0 unspecified atom stereocenters. The summed E-state index contributed by atoms with van der Waals surface area (Å²) in [6.45, 7) is 1.36. The van der Waals surface area contributed by atoms with Gasteiger partial charge in [0.15, 0.2) is 0 Å². The van der Waals surface area contributed by atoms with Gasteiger partial charge in [-0.1, -0.05) is 0 Å². The van der Waals surface area contributed by atoms with E-state index >= 15 is 0 Å². The molecule has 0 amide bonds. The highest BCUT2D eigenvalue weighted by molar-refractivity contribution is 6.23. The van der Waals surface area contributed by atoms with Crippen LogP contribution >= 0.6 is 0 Å². The quantitative estimate of drug-likeness (QED) is 0.782. The van der Waals surface area contributed by atoms with Gasteiger partial charge >= 0.3 is 0 Å². The number of benzene rings is 1. The number of ether oxygens (including phenoxy) is 2. The fraction of sp³-hybridized carbons (Fsp3) is 0.333. The Kier molecular flexibility index (Phi) is 3.72. The van der Waals surface area contributed by atoms with Crippen molar-refractivity contribution in [3.8, 4) is 5.75 Å². The van der Waals surface area contributed by atoms with Crippen LogP contribution in [0.1, 0.15) is 5.82 Å². The number of hydrogen-bond acceptors (Lipinski definition) is 5. The van der Waals surface area contributed by atoms with Crippen LogP contribution in [0.4, 0.5) is 0 Å². The lowest BCUT2D eigenvalue weighted by Gasteiger charge is -2.17. The summed E-state index contributed by atoms with van der Waals surface area (Å²) in [5.41, 5.74) is 2.00. The number of fused-ring (bicyclic) bond motifs is 1. The van der Waals surface area contributed by atoms with Crippen molar-refractivity contribution in [3.05, 3.63) is 29.8 Å². The Morgan fingerprint density at radius 3 is 2.95 bits per heavy atom. The zero-order valence-electron chi connectivity index (χ0n) is 12.5. The van der Waals surface area contributed by atoms with E-state index in [9.17, 15) is 5.11 Å². The topological polar surface area (TPSA) is 94.5 Å². The monoisotopic (exact) mass is 302 g/mol. The van der Waals surface area contributed by atoms with Crippen molar-refractivity contribution < 1.29 is 14.6 Å². The molecule has 0 aliphatic carbocycles. The van der Waals surface area contributed by atoms with Crippen molar-refractivity contribution in [1.29, 1.82) is 5.41 Å². The van der Waals surface area contributed by atoms with Gasteiger partial charge in [0.25, 0.3) is 0 Å². The summed E-state index contributed by atoms with van der Waals surface area (Å²) in [7, 11) is 3.22. The lowest BCUT2D eigenvalue weighted by Crippen LogP contribution is -2.30. The molecule has 0 atom stereocenters. The summed E-state index contributed by atoms with van der Waals surface area (Å²) in [4.78, 5) is 9.35. The van der Waals surface area contributed by atoms with E-state index in [-0.39, 0.29) is 11.6 Å². The van der Waals surface area contributed by atoms with Gasteiger partial charge in [-0.05, 0) is 12.1 Å². The molecule has 1 aromatic carbocycles. The smallest absolute Gasteiger partial charge is 0.145 e. The molecule has 0 saturated heterocycles. The molecule has 1 aromatic heterocycles. The molecule has 2 heterocycles. The van der Waals surface area contributed by atoms with Gasteiger partial charge in [-0.15, -0.1) is 0 Å². The van der Waals surface area contributed by atoms with Crippen LogP contribution in [-0.2, 0) is 4.74 Å². The zero-order chi connectivity index (χ0) is 15.7. The Labute approximate surface area is 127 Å². The van der Waals surface area contributed by atoms with Gasteiger partial charge in [-0.2, -0.15) is 0 Å². The molecule has 0 fully saturated rings. The zero-order valence-corrected chi connectivity index (χ0v) is 12.5. The SMILES string of the molecule is COCCN1CC(O)=C(c2nc3ccc(OC)cc3[nH]2)C1=N. The number of aliphatic hydroxyl groups is 1. The van der Waals surface area contributed by atoms with Crippen LogP contribution in [0.15, 0.2) is 24.0 Å². The molecule has 3 rings (SSSR count). The predicted octanol–water partition coefficient (Wildman–Crippen LogP) is 1.78. The standard InChI is InChI=1S/C15H18N4O3/c1-21-6-5-19-8-12(20)13(14(19)16)15-17-10-4-3-9(22-2)7-11(10)18-15/h3-4,7,16,20H,5-6,8H2,1-2H3,(H,17,18). The molecule has 7 heteroatoms. The van der Waals surface area contributed by atoms with E-state index in [1.165, 1.54) is 0 Å². The minimum atomic E-state index is 0.145. The largest absolute Gasteiger partial charge is 0.510 e. The summed E-state index contributed by atoms with van der Waals surface area (Å²) in [6, 6.07) is 5.50. The second-order valence-corrected chi connectivity index (χ2v) is 5.05. The summed E-state index contributed by atoms with van der Waals surface area (Å²) in [6.07, 6.45) is 0. The first kappa shape index (κ1) is 14.4. The maximum absolute atomic E-state index is 10.2. The summed E-state index contributed by atoms with van der Waals surface area (Å²) < 4.78 is 10.2. The van der Waals surface area contributed by atoms with Gasteiger partial charge < -0.3 is 24.5 Å². The van der Waals surface area contributed by atoms with Crippen LogP contribution in [0.5, 0.6) is 5.75 Å². The average Bonchev–Trinajstić information content (AvgIpc) is 3.04. The lowest BCUT2D eigenvalue weighted by molar-refractivity contribution is 0.177. The second-order valence-electron chi connectivity index (χ2n) is 5.05. The van der Waals surface area contributed by atoms with E-state index in [2.05, 4.69) is 9.97 Å². The Hall–Kier alpha value is -2.54. The van der Waals surface area contributed by atoms with Crippen molar-refractivity contribution in [1.82, 2.24) is 14.9 Å². The van der Waals surface area contributed by atoms with Crippen LogP contribution < -0.4 is 4.74 Å². The fourth-order valence-corrected chi connectivity index (χ4v) is 2.51. The molecule has 0 spiro atoms. The van der Waals surface area contributed by atoms with Crippen molar-refractivity contribution in [2.75, 3.05) is 33.9 Å². The number of aromatic amines is 1. The third-order valence-electron chi connectivity index (χ3n) is 3.67. The van der Waals surface area contributed by atoms with Gasteiger partial charge in [-0.3, -0.25) is 5.41 Å². The fourth-order valence-electron chi connectivity index (χ4n) is 2.51. The highest BCUT2D eigenvalue weighted by atomic mass is 16.5. The third kappa shape index (κ3) is 2.39. The van der Waals surface area contributed by atoms with Crippen LogP contribution in [0.3, 0.4) is 0 Å². The molecule has 0 bridgehead atoms. The maximum Gasteiger partial charge on any atom is 0.145 e. The maximum atomic E-state index is 10.2. The Balaban J connectivity index is 1.93. The first-order chi connectivity index (χ1) is 10.6. The van der Waals surface area contributed by atoms with Crippen molar-refractivity contribution >= 4 is 22.4 Å². The van der Waals surface area contributed by atoms with E-state index in [1.807, 2.05) is 18.2 Å². The molecule has 22 heavy (non-hydrogen) atoms. The lowest BCUT2D eigenvalue weighted by atomic mass is 10.2. The third-order valence-corrected chi connectivity index (χ3v) is 3.67. The number of H-pyrrole nitrogens is 1. The van der Waals surface area contributed by atoms with E-state index in [1.54, 1.807) is 19.1 Å². The summed E-state index contributed by atoms with van der Waals surface area (Å²) in [5, 5.41) is 18.4. The molecule has 3 N–H and O–H groups in total. The highest BCUT2D eigenvalue weighted by Crippen LogP contribution is 2.28. The van der Waals surface area contributed by atoms with E-state index in [0.29, 0.717) is 31.1 Å². The molecule has 116 valence electrons. The molecule has 1 aliphatic heterocycles. The molecular weight excluding hydrogens is 284 g/mol. The van der Waals surface area contributed by atoms with Gasteiger partial charge in [0, 0.05) is 19.7 Å². The van der Waals surface area contributed by atoms with Crippen LogP contribution in [-0.4, -0.2) is 59.7 Å². The molecule has 0 saturated carbocycles. The predicted molar refractivity (Wildman–Crippen MR) is 83.4 cm³/mol. The van der Waals surface area contributed by atoms with E-state index < -0.39 is 0 Å². The number of hydrogen-bond donors (Lipinski definition) is 3. The van der Waals surface area contributed by atoms with Crippen molar-refractivity contribution in [2.45, 2.75) is 0 Å². The van der Waals surface area contributed by atoms with E-state index in [4.69, 9.17) is 14.9 Å². The second kappa shape index (κ2) is 5.69. The molecule has 0 radical (unpaired) electrons. The summed E-state index contributed by atoms with van der Waals surface area (Å²) in [5.74, 6) is 1.61. The minimum absolute atomic E-state index is 0.145. The Morgan fingerprint density at radius 2 is 2.23 bits per heavy atom. The number of aliphatic hydroxyl groups excluding tert-OH is 1. The van der Waals surface area contributed by atoms with Crippen molar-refractivity contribution in [2.24, 2.45) is 0 Å². The van der Waals surface area contributed by atoms with Gasteiger partial charge in [0.05, 0.1) is 36.9 Å². The Bertz CT molecular complexity index is 750. The first-order valence-electron chi connectivity index (χ1n) is 6.93. The highest BCUT2D eigenvalue weighted by Gasteiger charge is 2.29. The molecule has 2 aromatic rings. The number of imidazole rings is 1. The minimum Gasteiger partial charge on any atom is -0.510 e. The summed E-state index contributed by atoms with van der Waals surface area (Å²) >= 11 is 0. The van der Waals surface area contributed by atoms with Gasteiger partial charge in [0.1, 0.15) is 23.2 Å². The normalized spacial score (nSPS) is 15.2. The van der Waals surface area contributed by atoms with Crippen LogP contribution in [0.25, 0.3) is 16.6 Å².